The van der Waals surface area contributed by atoms with Gasteiger partial charge in [-0.1, -0.05) is 36.4 Å². The lowest BCUT2D eigenvalue weighted by atomic mass is 10.0. The highest BCUT2D eigenvalue weighted by Crippen LogP contribution is 2.35. The molecule has 5 rings (SSSR count). The van der Waals surface area contributed by atoms with Gasteiger partial charge in [0.2, 0.25) is 5.88 Å². The molecule has 8 heteroatoms. The number of benzene rings is 3. The van der Waals surface area contributed by atoms with Crippen LogP contribution in [0.2, 0.25) is 0 Å². The Morgan fingerprint density at radius 3 is 2.67 bits per heavy atom. The van der Waals surface area contributed by atoms with Crippen molar-refractivity contribution in [2.45, 2.75) is 6.10 Å². The Hall–Kier alpha value is -4.69. The first-order valence-corrected chi connectivity index (χ1v) is 11.4. The van der Waals surface area contributed by atoms with E-state index in [0.717, 1.165) is 16.7 Å². The van der Waals surface area contributed by atoms with E-state index >= 15 is 0 Å². The Kier molecular flexibility index (Phi) is 6.34. The van der Waals surface area contributed by atoms with Gasteiger partial charge in [-0.05, 0) is 53.6 Å². The lowest BCUT2D eigenvalue weighted by Crippen LogP contribution is -2.28. The van der Waals surface area contributed by atoms with Gasteiger partial charge in [0.1, 0.15) is 11.6 Å². The van der Waals surface area contributed by atoms with E-state index in [9.17, 15) is 15.0 Å². The summed E-state index contributed by atoms with van der Waals surface area (Å²) in [7, 11) is 1.56. The van der Waals surface area contributed by atoms with Crippen LogP contribution < -0.4 is 10.1 Å². The first-order chi connectivity index (χ1) is 17.5. The van der Waals surface area contributed by atoms with Gasteiger partial charge in [0, 0.05) is 23.9 Å². The number of pyridine rings is 1. The fourth-order valence-corrected chi connectivity index (χ4v) is 4.03. The van der Waals surface area contributed by atoms with Crippen molar-refractivity contribution in [3.63, 3.8) is 0 Å². The Labute approximate surface area is 207 Å². The number of aromatic nitrogens is 3. The molecule has 36 heavy (non-hydrogen) atoms. The number of carbonyl (C=O) groups excluding carboxylic acids is 1. The molecule has 0 aliphatic carbocycles. The molecule has 0 radical (unpaired) electrons. The quantitative estimate of drug-likeness (QED) is 0.273. The number of amides is 1. The molecule has 1 unspecified atom stereocenters. The van der Waals surface area contributed by atoms with Crippen molar-refractivity contribution >= 4 is 16.9 Å². The molecule has 1 amide bonds. The second kappa shape index (κ2) is 9.89. The number of H-pyrrole nitrogens is 1. The van der Waals surface area contributed by atoms with E-state index in [0.29, 0.717) is 33.9 Å². The topological polar surface area (TPSA) is 120 Å². The van der Waals surface area contributed by atoms with Crippen LogP contribution in [0.15, 0.2) is 85.1 Å². The minimum Gasteiger partial charge on any atom is -0.507 e. The molecule has 2 aromatic heterocycles. The fourth-order valence-electron chi connectivity index (χ4n) is 4.03. The number of aliphatic hydroxyl groups excluding tert-OH is 1. The van der Waals surface area contributed by atoms with Gasteiger partial charge < -0.3 is 25.3 Å². The van der Waals surface area contributed by atoms with Crippen LogP contribution in [0.3, 0.4) is 0 Å². The molecule has 0 bridgehead atoms. The van der Waals surface area contributed by atoms with Crippen LogP contribution in [0.25, 0.3) is 33.5 Å². The summed E-state index contributed by atoms with van der Waals surface area (Å²) < 4.78 is 5.37. The summed E-state index contributed by atoms with van der Waals surface area (Å²) in [5, 5.41) is 23.6. The number of carbonyl (C=O) groups is 1. The molecule has 2 heterocycles. The summed E-state index contributed by atoms with van der Waals surface area (Å²) in [4.78, 5) is 24.7. The molecule has 0 spiro atoms. The van der Waals surface area contributed by atoms with Crippen molar-refractivity contribution in [2.75, 3.05) is 13.7 Å². The number of phenolic OH excluding ortho intramolecular Hbond substituents is 1. The highest BCUT2D eigenvalue weighted by atomic mass is 16.5. The standard InChI is InChI=1S/C28H24N4O4/c1-36-28-20(8-5-13-29-28)18-10-12-24(33)21(14-18)26-31-22-11-9-19(15-23(22)32-26)27(35)30-16-25(34)17-6-3-2-4-7-17/h2-15,25,33-34H,16H2,1H3,(H,30,35)(H,31,32). The fraction of sp³-hybridized carbons (Fsp3) is 0.107. The van der Waals surface area contributed by atoms with Crippen molar-refractivity contribution < 1.29 is 19.7 Å². The largest absolute Gasteiger partial charge is 0.507 e. The molecule has 0 saturated heterocycles. The number of hydrogen-bond donors (Lipinski definition) is 4. The SMILES string of the molecule is COc1ncccc1-c1ccc(O)c(-c2nc3ccc(C(=O)NCC(O)c4ccccc4)cc3[nH]2)c1. The zero-order valence-electron chi connectivity index (χ0n) is 19.5. The van der Waals surface area contributed by atoms with Crippen LogP contribution in [-0.4, -0.2) is 44.7 Å². The van der Waals surface area contributed by atoms with Crippen LogP contribution in [0.5, 0.6) is 11.6 Å². The molecule has 8 nitrogen and oxygen atoms in total. The number of nitrogens with zero attached hydrogens (tertiary/aromatic N) is 2. The van der Waals surface area contributed by atoms with Gasteiger partial charge in [-0.15, -0.1) is 0 Å². The van der Waals surface area contributed by atoms with Crippen LogP contribution in [-0.2, 0) is 0 Å². The molecular formula is C28H24N4O4. The zero-order valence-corrected chi connectivity index (χ0v) is 19.5. The van der Waals surface area contributed by atoms with E-state index in [1.54, 1.807) is 43.6 Å². The number of nitrogens with one attached hydrogen (secondary N) is 2. The Balaban J connectivity index is 1.39. The minimum atomic E-state index is -0.800. The Morgan fingerprint density at radius 2 is 1.86 bits per heavy atom. The predicted molar refractivity (Wildman–Crippen MR) is 137 cm³/mol. The smallest absolute Gasteiger partial charge is 0.251 e. The van der Waals surface area contributed by atoms with E-state index in [4.69, 9.17) is 4.74 Å². The molecule has 180 valence electrons. The second-order valence-corrected chi connectivity index (χ2v) is 8.25. The number of methoxy groups -OCH3 is 1. The normalized spacial score (nSPS) is 11.8. The number of imidazole rings is 1. The number of rotatable bonds is 7. The number of phenols is 1. The Morgan fingerprint density at radius 1 is 1.03 bits per heavy atom. The van der Waals surface area contributed by atoms with E-state index in [1.807, 2.05) is 48.5 Å². The monoisotopic (exact) mass is 480 g/mol. The highest BCUT2D eigenvalue weighted by Gasteiger charge is 2.16. The number of fused-ring (bicyclic) bond motifs is 1. The summed E-state index contributed by atoms with van der Waals surface area (Å²) in [6.07, 6.45) is 0.852. The molecule has 5 aromatic rings. The van der Waals surface area contributed by atoms with Crippen molar-refractivity contribution in [1.82, 2.24) is 20.3 Å². The number of ether oxygens (including phenoxy) is 1. The Bertz CT molecular complexity index is 1530. The first kappa shape index (κ1) is 23.1. The summed E-state index contributed by atoms with van der Waals surface area (Å²) in [5.41, 5.74) is 4.55. The summed E-state index contributed by atoms with van der Waals surface area (Å²) >= 11 is 0. The van der Waals surface area contributed by atoms with Crippen LogP contribution in [0, 0.1) is 0 Å². The maximum atomic E-state index is 12.7. The van der Waals surface area contributed by atoms with Crippen LogP contribution >= 0.6 is 0 Å². The highest BCUT2D eigenvalue weighted by molar-refractivity contribution is 5.97. The second-order valence-electron chi connectivity index (χ2n) is 8.25. The molecule has 4 N–H and O–H groups in total. The number of aromatic amines is 1. The number of aromatic hydroxyl groups is 1. The average Bonchev–Trinajstić information content (AvgIpc) is 3.35. The number of aliphatic hydroxyl groups is 1. The predicted octanol–water partition coefficient (Wildman–Crippen LogP) is 4.47. The van der Waals surface area contributed by atoms with E-state index in [2.05, 4.69) is 20.3 Å². The van der Waals surface area contributed by atoms with Crippen molar-refractivity contribution in [2.24, 2.45) is 0 Å². The van der Waals surface area contributed by atoms with Crippen molar-refractivity contribution in [3.05, 3.63) is 96.2 Å². The lowest BCUT2D eigenvalue weighted by Gasteiger charge is -2.12. The van der Waals surface area contributed by atoms with E-state index in [-0.39, 0.29) is 18.2 Å². The maximum Gasteiger partial charge on any atom is 0.251 e. The van der Waals surface area contributed by atoms with Gasteiger partial charge >= 0.3 is 0 Å². The molecule has 3 aromatic carbocycles. The third kappa shape index (κ3) is 4.62. The van der Waals surface area contributed by atoms with Gasteiger partial charge in [-0.25, -0.2) is 9.97 Å². The van der Waals surface area contributed by atoms with E-state index < -0.39 is 6.10 Å². The first-order valence-electron chi connectivity index (χ1n) is 11.4. The van der Waals surface area contributed by atoms with Crippen molar-refractivity contribution in [3.8, 4) is 34.1 Å². The van der Waals surface area contributed by atoms with Gasteiger partial charge in [-0.3, -0.25) is 4.79 Å². The average molecular weight is 481 g/mol. The zero-order chi connectivity index (χ0) is 25.1. The molecule has 1 atom stereocenters. The molecule has 0 fully saturated rings. The minimum absolute atomic E-state index is 0.0635. The third-order valence-electron chi connectivity index (χ3n) is 5.91. The molecular weight excluding hydrogens is 456 g/mol. The van der Waals surface area contributed by atoms with Gasteiger partial charge in [0.25, 0.3) is 5.91 Å². The summed E-state index contributed by atoms with van der Waals surface area (Å²) in [6, 6.07) is 23.2. The summed E-state index contributed by atoms with van der Waals surface area (Å²) in [5.74, 6) is 0.695. The van der Waals surface area contributed by atoms with Gasteiger partial charge in [0.05, 0.1) is 29.8 Å². The van der Waals surface area contributed by atoms with Crippen LogP contribution in [0.1, 0.15) is 22.0 Å². The molecule has 0 aliphatic rings. The van der Waals surface area contributed by atoms with Crippen molar-refractivity contribution in [1.29, 1.82) is 0 Å². The van der Waals surface area contributed by atoms with Gasteiger partial charge in [0.15, 0.2) is 0 Å². The van der Waals surface area contributed by atoms with Gasteiger partial charge in [-0.2, -0.15) is 0 Å². The van der Waals surface area contributed by atoms with Crippen LogP contribution in [0.4, 0.5) is 0 Å². The molecule has 0 aliphatic heterocycles. The number of hydrogen-bond acceptors (Lipinski definition) is 6. The molecule has 0 saturated carbocycles. The van der Waals surface area contributed by atoms with E-state index in [1.165, 1.54) is 0 Å². The summed E-state index contributed by atoms with van der Waals surface area (Å²) in [6.45, 7) is 0.0909. The third-order valence-corrected chi connectivity index (χ3v) is 5.91. The maximum absolute atomic E-state index is 12.7. The lowest BCUT2D eigenvalue weighted by molar-refractivity contribution is 0.0916.